The first-order valence-corrected chi connectivity index (χ1v) is 7.14. The highest BCUT2D eigenvalue weighted by molar-refractivity contribution is 7.97. The van der Waals surface area contributed by atoms with Gasteiger partial charge in [-0.3, -0.25) is 0 Å². The maximum atomic E-state index is 6.35. The Morgan fingerprint density at radius 1 is 1.50 bits per heavy atom. The minimum atomic E-state index is -0.379. The molecule has 1 heterocycles. The molecular weight excluding hydrogens is 222 g/mol. The maximum Gasteiger partial charge on any atom is 0.246 e. The third kappa shape index (κ3) is 2.40. The third-order valence-electron chi connectivity index (χ3n) is 3.33. The summed E-state index contributed by atoms with van der Waals surface area (Å²) in [6.07, 6.45) is 6.23. The molecule has 1 saturated carbocycles. The molecule has 0 unspecified atom stereocenters. The number of rotatable bonds is 3. The molecule has 2 N–H and O–H groups in total. The number of hydrogen-bond acceptors (Lipinski definition) is 5. The molecule has 5 heteroatoms. The van der Waals surface area contributed by atoms with Gasteiger partial charge in [0.1, 0.15) is 0 Å². The van der Waals surface area contributed by atoms with E-state index in [1.54, 1.807) is 11.8 Å². The van der Waals surface area contributed by atoms with Crippen molar-refractivity contribution in [1.82, 2.24) is 10.1 Å². The average Bonchev–Trinajstić information content (AvgIpc) is 2.73. The Bertz CT molecular complexity index is 345. The van der Waals surface area contributed by atoms with Crippen LogP contribution in [0.3, 0.4) is 0 Å². The van der Waals surface area contributed by atoms with Crippen molar-refractivity contribution in [3.63, 3.8) is 0 Å². The Kier molecular flexibility index (Phi) is 3.54. The van der Waals surface area contributed by atoms with Crippen LogP contribution in [-0.2, 0) is 11.3 Å². The summed E-state index contributed by atoms with van der Waals surface area (Å²) in [7, 11) is 0. The Balaban J connectivity index is 2.09. The molecule has 1 aliphatic carbocycles. The van der Waals surface area contributed by atoms with Gasteiger partial charge in [-0.05, 0) is 37.9 Å². The predicted molar refractivity (Wildman–Crippen MR) is 65.0 cm³/mol. The monoisotopic (exact) mass is 241 g/mol. The molecule has 1 aromatic rings. The summed E-state index contributed by atoms with van der Waals surface area (Å²) in [5.41, 5.74) is 5.97. The minimum absolute atomic E-state index is 0.379. The summed E-state index contributed by atoms with van der Waals surface area (Å²) < 4.78 is 5.30. The molecular formula is C11H19N3OS. The SMILES string of the molecule is CSCc1noc(C2(N)CCC(C)CC2)n1. The van der Waals surface area contributed by atoms with Gasteiger partial charge in [0.05, 0.1) is 11.3 Å². The van der Waals surface area contributed by atoms with Crippen LogP contribution in [0.15, 0.2) is 4.52 Å². The summed E-state index contributed by atoms with van der Waals surface area (Å²) in [4.78, 5) is 4.40. The summed E-state index contributed by atoms with van der Waals surface area (Å²) in [6.45, 7) is 2.27. The number of nitrogens with two attached hydrogens (primary N) is 1. The summed E-state index contributed by atoms with van der Waals surface area (Å²) in [6, 6.07) is 0. The van der Waals surface area contributed by atoms with Crippen molar-refractivity contribution in [1.29, 1.82) is 0 Å². The van der Waals surface area contributed by atoms with Crippen molar-refractivity contribution in [2.24, 2.45) is 11.7 Å². The van der Waals surface area contributed by atoms with Gasteiger partial charge in [0, 0.05) is 0 Å². The minimum Gasteiger partial charge on any atom is -0.337 e. The molecule has 0 saturated heterocycles. The number of nitrogens with zero attached hydrogens (tertiary/aromatic N) is 2. The van der Waals surface area contributed by atoms with E-state index in [2.05, 4.69) is 17.1 Å². The first-order chi connectivity index (χ1) is 7.64. The fraction of sp³-hybridized carbons (Fsp3) is 0.818. The molecule has 1 fully saturated rings. The zero-order valence-corrected chi connectivity index (χ0v) is 10.7. The first-order valence-electron chi connectivity index (χ1n) is 5.75. The van der Waals surface area contributed by atoms with Crippen molar-refractivity contribution in [2.45, 2.75) is 43.9 Å². The Morgan fingerprint density at radius 3 is 2.81 bits per heavy atom. The second-order valence-electron chi connectivity index (χ2n) is 4.79. The van der Waals surface area contributed by atoms with E-state index < -0.39 is 0 Å². The van der Waals surface area contributed by atoms with Crippen LogP contribution in [0.1, 0.15) is 44.3 Å². The molecule has 0 aromatic carbocycles. The molecule has 0 spiro atoms. The summed E-state index contributed by atoms with van der Waals surface area (Å²) in [5.74, 6) is 2.94. The lowest BCUT2D eigenvalue weighted by Crippen LogP contribution is -2.40. The Labute approximate surface area is 100 Å². The normalized spacial score (nSPS) is 30.6. The van der Waals surface area contributed by atoms with Crippen molar-refractivity contribution in [2.75, 3.05) is 6.26 Å². The highest BCUT2D eigenvalue weighted by Gasteiger charge is 2.36. The maximum absolute atomic E-state index is 6.35. The van der Waals surface area contributed by atoms with Crippen molar-refractivity contribution >= 4 is 11.8 Å². The zero-order valence-electron chi connectivity index (χ0n) is 9.90. The lowest BCUT2D eigenvalue weighted by Gasteiger charge is -2.32. The van der Waals surface area contributed by atoms with Crippen LogP contribution in [0.5, 0.6) is 0 Å². The van der Waals surface area contributed by atoms with E-state index >= 15 is 0 Å². The van der Waals surface area contributed by atoms with Crippen LogP contribution in [-0.4, -0.2) is 16.4 Å². The molecule has 0 aliphatic heterocycles. The highest BCUT2D eigenvalue weighted by Crippen LogP contribution is 2.36. The van der Waals surface area contributed by atoms with Crippen LogP contribution in [0, 0.1) is 5.92 Å². The number of aromatic nitrogens is 2. The van der Waals surface area contributed by atoms with Gasteiger partial charge in [-0.1, -0.05) is 12.1 Å². The van der Waals surface area contributed by atoms with Crippen LogP contribution < -0.4 is 5.73 Å². The Hall–Kier alpha value is -0.550. The van der Waals surface area contributed by atoms with Gasteiger partial charge in [-0.15, -0.1) is 0 Å². The molecule has 0 amide bonds. The molecule has 1 aliphatic rings. The van der Waals surface area contributed by atoms with Crippen molar-refractivity contribution < 1.29 is 4.52 Å². The second kappa shape index (κ2) is 4.75. The first kappa shape index (κ1) is 11.9. The average molecular weight is 241 g/mol. The largest absolute Gasteiger partial charge is 0.337 e. The highest BCUT2D eigenvalue weighted by atomic mass is 32.2. The van der Waals surface area contributed by atoms with E-state index in [1.807, 2.05) is 6.26 Å². The topological polar surface area (TPSA) is 64.9 Å². The lowest BCUT2D eigenvalue weighted by atomic mass is 9.78. The van der Waals surface area contributed by atoms with Crippen molar-refractivity contribution in [3.8, 4) is 0 Å². The lowest BCUT2D eigenvalue weighted by molar-refractivity contribution is 0.190. The molecule has 1 aromatic heterocycles. The summed E-state index contributed by atoms with van der Waals surface area (Å²) >= 11 is 1.69. The van der Waals surface area contributed by atoms with E-state index in [0.717, 1.165) is 43.2 Å². The predicted octanol–water partition coefficient (Wildman–Crippen LogP) is 2.30. The van der Waals surface area contributed by atoms with Crippen LogP contribution in [0.4, 0.5) is 0 Å². The van der Waals surface area contributed by atoms with E-state index in [9.17, 15) is 0 Å². The van der Waals surface area contributed by atoms with Crippen molar-refractivity contribution in [3.05, 3.63) is 11.7 Å². The molecule has 0 atom stereocenters. The van der Waals surface area contributed by atoms with Crippen LogP contribution in [0.25, 0.3) is 0 Å². The van der Waals surface area contributed by atoms with E-state index in [4.69, 9.17) is 10.3 Å². The fourth-order valence-electron chi connectivity index (χ4n) is 2.14. The van der Waals surface area contributed by atoms with Gasteiger partial charge in [-0.25, -0.2) is 0 Å². The second-order valence-corrected chi connectivity index (χ2v) is 5.65. The van der Waals surface area contributed by atoms with Gasteiger partial charge in [0.25, 0.3) is 0 Å². The van der Waals surface area contributed by atoms with E-state index in [-0.39, 0.29) is 5.54 Å². The Morgan fingerprint density at radius 2 is 2.19 bits per heavy atom. The van der Waals surface area contributed by atoms with E-state index in [0.29, 0.717) is 5.89 Å². The molecule has 90 valence electrons. The van der Waals surface area contributed by atoms with Gasteiger partial charge in [0.2, 0.25) is 5.89 Å². The van der Waals surface area contributed by atoms with Gasteiger partial charge in [0.15, 0.2) is 5.82 Å². The van der Waals surface area contributed by atoms with Gasteiger partial charge in [-0.2, -0.15) is 16.7 Å². The van der Waals surface area contributed by atoms with Gasteiger partial charge < -0.3 is 10.3 Å². The molecule has 2 rings (SSSR count). The number of thioether (sulfide) groups is 1. The van der Waals surface area contributed by atoms with Crippen LogP contribution in [0.2, 0.25) is 0 Å². The van der Waals surface area contributed by atoms with Crippen LogP contribution >= 0.6 is 11.8 Å². The zero-order chi connectivity index (χ0) is 11.6. The standard InChI is InChI=1S/C11H19N3OS/c1-8-3-5-11(12,6-4-8)10-13-9(7-16-2)14-15-10/h8H,3-7,12H2,1-2H3. The summed E-state index contributed by atoms with van der Waals surface area (Å²) in [5, 5.41) is 3.96. The van der Waals surface area contributed by atoms with Gasteiger partial charge >= 0.3 is 0 Å². The fourth-order valence-corrected chi connectivity index (χ4v) is 2.51. The quantitative estimate of drug-likeness (QED) is 0.879. The number of hydrogen-bond donors (Lipinski definition) is 1. The van der Waals surface area contributed by atoms with E-state index in [1.165, 1.54) is 0 Å². The molecule has 16 heavy (non-hydrogen) atoms. The smallest absolute Gasteiger partial charge is 0.246 e. The molecule has 4 nitrogen and oxygen atoms in total. The molecule has 0 radical (unpaired) electrons. The molecule has 0 bridgehead atoms. The third-order valence-corrected chi connectivity index (χ3v) is 3.88.